The molecule has 23 heavy (non-hydrogen) atoms. The van der Waals surface area contributed by atoms with Crippen molar-refractivity contribution in [3.63, 3.8) is 0 Å². The fourth-order valence-corrected chi connectivity index (χ4v) is 1.84. The molecule has 0 aliphatic rings. The van der Waals surface area contributed by atoms with Gasteiger partial charge in [0.1, 0.15) is 6.17 Å². The summed E-state index contributed by atoms with van der Waals surface area (Å²) < 4.78 is 0. The number of likely N-dealkylation sites (N-methyl/N-ethyl adjacent to an activating group) is 1. The summed E-state index contributed by atoms with van der Waals surface area (Å²) >= 11 is 5.72. The lowest BCUT2D eigenvalue weighted by atomic mass is 10.3. The highest BCUT2D eigenvalue weighted by Gasteiger charge is 2.17. The third-order valence-corrected chi connectivity index (χ3v) is 3.25. The van der Waals surface area contributed by atoms with Crippen LogP contribution in [0, 0.1) is 0 Å². The number of nitrogens with zero attached hydrogens (tertiary/aromatic N) is 3. The van der Waals surface area contributed by atoms with Crippen molar-refractivity contribution < 1.29 is 9.59 Å². The molecule has 1 aromatic rings. The quantitative estimate of drug-likeness (QED) is 0.252. The molecule has 1 rings (SSSR count). The van der Waals surface area contributed by atoms with Crippen molar-refractivity contribution in [3.8, 4) is 0 Å². The van der Waals surface area contributed by atoms with Crippen LogP contribution in [-0.2, 0) is 4.79 Å². The molecule has 0 radical (unpaired) electrons. The average Bonchev–Trinajstić information content (AvgIpc) is 2.51. The van der Waals surface area contributed by atoms with E-state index in [1.54, 1.807) is 11.9 Å². The number of anilines is 2. The zero-order chi connectivity index (χ0) is 17.4. The molecule has 1 aromatic heterocycles. The van der Waals surface area contributed by atoms with Gasteiger partial charge in [-0.05, 0) is 7.05 Å². The number of nitrogens with two attached hydrogens (primary N) is 3. The second-order valence-corrected chi connectivity index (χ2v) is 5.05. The Bertz CT molecular complexity index is 556. The molecule has 0 bridgehead atoms. The molecule has 10 nitrogen and oxygen atoms in total. The molecule has 11 heteroatoms. The van der Waals surface area contributed by atoms with Gasteiger partial charge in [-0.3, -0.25) is 15.0 Å². The maximum absolute atomic E-state index is 12.0. The number of aldehydes is 1. The van der Waals surface area contributed by atoms with Gasteiger partial charge < -0.3 is 27.3 Å². The Hall–Kier alpha value is -2.01. The lowest BCUT2D eigenvalue weighted by Crippen LogP contribution is -2.48. The fourth-order valence-electron chi connectivity index (χ4n) is 1.72. The van der Waals surface area contributed by atoms with Crippen molar-refractivity contribution in [3.05, 3.63) is 10.8 Å². The van der Waals surface area contributed by atoms with Crippen molar-refractivity contribution in [1.82, 2.24) is 25.5 Å². The van der Waals surface area contributed by atoms with Crippen LogP contribution in [0.4, 0.5) is 11.6 Å². The fraction of sp³-hybridized carbons (Fsp3) is 0.500. The molecule has 0 aliphatic carbocycles. The predicted octanol–water partition coefficient (Wildman–Crippen LogP) is -1.97. The molecule has 1 amide bonds. The predicted molar refractivity (Wildman–Crippen MR) is 87.7 cm³/mol. The van der Waals surface area contributed by atoms with Gasteiger partial charge in [-0.15, -0.1) is 0 Å². The molecule has 128 valence electrons. The summed E-state index contributed by atoms with van der Waals surface area (Å²) in [6.07, 6.45) is 0.284. The number of halogens is 1. The largest absolute Gasteiger partial charge is 0.382 e. The van der Waals surface area contributed by atoms with Gasteiger partial charge in [-0.1, -0.05) is 11.6 Å². The van der Waals surface area contributed by atoms with Crippen LogP contribution in [0.25, 0.3) is 0 Å². The molecule has 0 fully saturated rings. The molecule has 0 aromatic carbocycles. The van der Waals surface area contributed by atoms with Gasteiger partial charge in [0.2, 0.25) is 0 Å². The van der Waals surface area contributed by atoms with Crippen LogP contribution in [0.3, 0.4) is 0 Å². The first-order valence-electron chi connectivity index (χ1n) is 6.86. The summed E-state index contributed by atoms with van der Waals surface area (Å²) in [7, 11) is 1.74. The molecule has 1 atom stereocenters. The van der Waals surface area contributed by atoms with E-state index in [0.29, 0.717) is 19.6 Å². The van der Waals surface area contributed by atoms with Gasteiger partial charge in [-0.25, -0.2) is 9.97 Å². The van der Waals surface area contributed by atoms with E-state index in [-0.39, 0.29) is 29.0 Å². The zero-order valence-corrected chi connectivity index (χ0v) is 13.5. The molecule has 8 N–H and O–H groups in total. The summed E-state index contributed by atoms with van der Waals surface area (Å²) in [6.45, 7) is 1.62. The normalized spacial score (nSPS) is 12.2. The topological polar surface area (TPSA) is 165 Å². The minimum atomic E-state index is -0.525. The van der Waals surface area contributed by atoms with Crippen LogP contribution in [0.5, 0.6) is 0 Å². The zero-order valence-electron chi connectivity index (χ0n) is 12.8. The Morgan fingerprint density at radius 1 is 1.35 bits per heavy atom. The van der Waals surface area contributed by atoms with Gasteiger partial charge in [0.15, 0.2) is 28.8 Å². The Kier molecular flexibility index (Phi) is 7.62. The minimum absolute atomic E-state index is 0.0414. The summed E-state index contributed by atoms with van der Waals surface area (Å²) in [4.78, 5) is 32.3. The highest BCUT2D eigenvalue weighted by molar-refractivity contribution is 6.31. The average molecular weight is 345 g/mol. The van der Waals surface area contributed by atoms with E-state index in [4.69, 9.17) is 28.8 Å². The number of amides is 1. The highest BCUT2D eigenvalue weighted by Crippen LogP contribution is 2.16. The monoisotopic (exact) mass is 344 g/mol. The van der Waals surface area contributed by atoms with Crippen LogP contribution in [0.1, 0.15) is 10.5 Å². The number of rotatable bonds is 9. The Labute approximate surface area is 138 Å². The maximum Gasteiger partial charge on any atom is 0.273 e. The van der Waals surface area contributed by atoms with E-state index in [2.05, 4.69) is 20.6 Å². The van der Waals surface area contributed by atoms with Crippen LogP contribution in [0.2, 0.25) is 5.15 Å². The van der Waals surface area contributed by atoms with Crippen LogP contribution in [-0.4, -0.2) is 66.5 Å². The highest BCUT2D eigenvalue weighted by atomic mass is 35.5. The van der Waals surface area contributed by atoms with Crippen LogP contribution < -0.4 is 27.8 Å². The van der Waals surface area contributed by atoms with E-state index in [1.807, 2.05) is 0 Å². The van der Waals surface area contributed by atoms with Crippen molar-refractivity contribution in [2.75, 3.05) is 44.7 Å². The number of nitrogens with one attached hydrogen (secondary N) is 2. The second kappa shape index (κ2) is 9.20. The Balaban J connectivity index is 2.53. The molecule has 1 unspecified atom stereocenters. The van der Waals surface area contributed by atoms with Crippen LogP contribution >= 0.6 is 11.6 Å². The third-order valence-electron chi connectivity index (χ3n) is 2.97. The minimum Gasteiger partial charge on any atom is -0.382 e. The number of hydrogen-bond acceptors (Lipinski definition) is 9. The SMILES string of the molecule is CN(CCNC(=O)c1nc(Cl)c(N)nc1N)C(C=O)NCCN. The summed E-state index contributed by atoms with van der Waals surface area (Å²) in [5.74, 6) is -0.670. The van der Waals surface area contributed by atoms with E-state index >= 15 is 0 Å². The molecular weight excluding hydrogens is 324 g/mol. The lowest BCUT2D eigenvalue weighted by Gasteiger charge is -2.24. The number of carbonyl (C=O) groups is 2. The number of hydrogen-bond donors (Lipinski definition) is 5. The number of nitrogen functional groups attached to an aromatic ring is 2. The summed E-state index contributed by atoms with van der Waals surface area (Å²) in [5.41, 5.74) is 16.3. The number of aromatic nitrogens is 2. The number of carbonyl (C=O) groups excluding carboxylic acids is 2. The van der Waals surface area contributed by atoms with E-state index in [1.165, 1.54) is 0 Å². The molecule has 0 spiro atoms. The Morgan fingerprint density at radius 2 is 2.04 bits per heavy atom. The Morgan fingerprint density at radius 3 is 2.65 bits per heavy atom. The van der Waals surface area contributed by atoms with Gasteiger partial charge in [0.25, 0.3) is 5.91 Å². The third kappa shape index (κ3) is 5.60. The standard InChI is InChI=1S/C12H21ClN8O2/c1-21(7(6-22)17-3-2-14)5-4-18-12(23)8-10(15)20-11(16)9(13)19-8/h6-7,17H,2-5,14H2,1H3,(H,18,23)(H4,15,16,20). The van der Waals surface area contributed by atoms with Crippen molar-refractivity contribution in [1.29, 1.82) is 0 Å². The van der Waals surface area contributed by atoms with Gasteiger partial charge in [0.05, 0.1) is 0 Å². The molecule has 0 aliphatic heterocycles. The van der Waals surface area contributed by atoms with Crippen molar-refractivity contribution in [2.45, 2.75) is 6.17 Å². The van der Waals surface area contributed by atoms with Crippen molar-refractivity contribution in [2.24, 2.45) is 5.73 Å². The molecule has 1 heterocycles. The van der Waals surface area contributed by atoms with Gasteiger partial charge in [-0.2, -0.15) is 0 Å². The first-order chi connectivity index (χ1) is 10.9. The molecule has 0 saturated carbocycles. The first-order valence-corrected chi connectivity index (χ1v) is 7.24. The first kappa shape index (κ1) is 19.0. The molecule has 0 saturated heterocycles. The van der Waals surface area contributed by atoms with Gasteiger partial charge in [0, 0.05) is 26.2 Å². The molecular formula is C12H21ClN8O2. The second-order valence-electron chi connectivity index (χ2n) is 4.69. The summed E-state index contributed by atoms with van der Waals surface area (Å²) in [6, 6.07) is 0. The maximum atomic E-state index is 12.0. The van der Waals surface area contributed by atoms with Crippen LogP contribution in [0.15, 0.2) is 0 Å². The van der Waals surface area contributed by atoms with E-state index in [9.17, 15) is 9.59 Å². The summed E-state index contributed by atoms with van der Waals surface area (Å²) in [5, 5.41) is 5.49. The lowest BCUT2D eigenvalue weighted by molar-refractivity contribution is -0.112. The van der Waals surface area contributed by atoms with E-state index < -0.39 is 12.1 Å². The van der Waals surface area contributed by atoms with Crippen molar-refractivity contribution >= 4 is 35.4 Å². The van der Waals surface area contributed by atoms with E-state index in [0.717, 1.165) is 6.29 Å². The van der Waals surface area contributed by atoms with Gasteiger partial charge >= 0.3 is 0 Å². The smallest absolute Gasteiger partial charge is 0.273 e.